The normalized spacial score (nSPS) is 23.6. The van der Waals surface area contributed by atoms with Gasteiger partial charge < -0.3 is 4.42 Å². The van der Waals surface area contributed by atoms with Crippen LogP contribution in [0, 0.1) is 5.92 Å². The van der Waals surface area contributed by atoms with Gasteiger partial charge in [-0.15, -0.1) is 0 Å². The van der Waals surface area contributed by atoms with Crippen molar-refractivity contribution in [3.63, 3.8) is 0 Å². The van der Waals surface area contributed by atoms with Crippen LogP contribution >= 0.6 is 0 Å². The van der Waals surface area contributed by atoms with Crippen molar-refractivity contribution in [1.82, 2.24) is 5.32 Å². The Hall–Kier alpha value is -1.58. The van der Waals surface area contributed by atoms with E-state index in [0.717, 1.165) is 5.76 Å². The molecule has 0 aromatic carbocycles. The summed E-state index contributed by atoms with van der Waals surface area (Å²) < 4.78 is 5.20. The highest BCUT2D eigenvalue weighted by atomic mass is 16.3. The van der Waals surface area contributed by atoms with Crippen LogP contribution in [0.2, 0.25) is 0 Å². The number of amides is 2. The maximum Gasteiger partial charge on any atom is 0.230 e. The third-order valence-corrected chi connectivity index (χ3v) is 2.60. The first kappa shape index (κ1) is 8.99. The Bertz CT molecular complexity index is 355. The van der Waals surface area contributed by atoms with Crippen LogP contribution < -0.4 is 5.32 Å². The van der Waals surface area contributed by atoms with E-state index in [1.807, 2.05) is 13.0 Å². The first-order chi connectivity index (χ1) is 6.68. The zero-order valence-corrected chi connectivity index (χ0v) is 7.82. The summed E-state index contributed by atoms with van der Waals surface area (Å²) in [5, 5.41) is 2.29. The first-order valence-electron chi connectivity index (χ1n) is 4.55. The number of carbonyl (C=O) groups is 2. The van der Waals surface area contributed by atoms with Gasteiger partial charge in [-0.3, -0.25) is 14.9 Å². The maximum absolute atomic E-state index is 11.3. The van der Waals surface area contributed by atoms with E-state index in [2.05, 4.69) is 5.32 Å². The monoisotopic (exact) mass is 193 g/mol. The Labute approximate surface area is 81.3 Å². The predicted molar refractivity (Wildman–Crippen MR) is 48.4 cm³/mol. The number of imide groups is 1. The van der Waals surface area contributed by atoms with Crippen molar-refractivity contribution in [3.8, 4) is 0 Å². The molecule has 1 aliphatic heterocycles. The molecule has 2 atom stereocenters. The van der Waals surface area contributed by atoms with Gasteiger partial charge in [-0.25, -0.2) is 0 Å². The number of hydrogen-bond acceptors (Lipinski definition) is 3. The lowest BCUT2D eigenvalue weighted by Gasteiger charge is -2.12. The molecule has 0 aliphatic carbocycles. The van der Waals surface area contributed by atoms with E-state index < -0.39 is 0 Å². The molecule has 2 heterocycles. The van der Waals surface area contributed by atoms with Gasteiger partial charge in [0.1, 0.15) is 5.76 Å². The zero-order valence-electron chi connectivity index (χ0n) is 7.82. The lowest BCUT2D eigenvalue weighted by Crippen LogP contribution is -2.24. The fourth-order valence-corrected chi connectivity index (χ4v) is 1.73. The summed E-state index contributed by atoms with van der Waals surface area (Å²) in [4.78, 5) is 22.3. The van der Waals surface area contributed by atoms with Crippen LogP contribution in [0.1, 0.15) is 25.0 Å². The van der Waals surface area contributed by atoms with E-state index in [4.69, 9.17) is 4.42 Å². The van der Waals surface area contributed by atoms with E-state index in [9.17, 15) is 9.59 Å². The van der Waals surface area contributed by atoms with Crippen LogP contribution in [-0.2, 0) is 9.59 Å². The van der Waals surface area contributed by atoms with E-state index in [1.54, 1.807) is 12.3 Å². The number of nitrogens with one attached hydrogen (secondary N) is 1. The molecule has 2 amide bonds. The fraction of sp³-hybridized carbons (Fsp3) is 0.400. The molecule has 2 unspecified atom stereocenters. The van der Waals surface area contributed by atoms with Gasteiger partial charge in [0, 0.05) is 12.3 Å². The molecular weight excluding hydrogens is 182 g/mol. The van der Waals surface area contributed by atoms with Crippen LogP contribution in [0.3, 0.4) is 0 Å². The molecule has 0 saturated carbocycles. The molecule has 1 aliphatic rings. The largest absolute Gasteiger partial charge is 0.469 e. The molecule has 0 bridgehead atoms. The molecule has 4 heteroatoms. The third-order valence-electron chi connectivity index (χ3n) is 2.60. The quantitative estimate of drug-likeness (QED) is 0.714. The third kappa shape index (κ3) is 1.43. The smallest absolute Gasteiger partial charge is 0.230 e. The molecule has 2 rings (SSSR count). The van der Waals surface area contributed by atoms with Crippen molar-refractivity contribution in [3.05, 3.63) is 24.2 Å². The van der Waals surface area contributed by atoms with Crippen molar-refractivity contribution < 1.29 is 14.0 Å². The summed E-state index contributed by atoms with van der Waals surface area (Å²) in [5.74, 6) is 0.0299. The molecular formula is C10H11NO3. The lowest BCUT2D eigenvalue weighted by atomic mass is 9.90. The average molecular weight is 193 g/mol. The molecule has 4 nitrogen and oxygen atoms in total. The van der Waals surface area contributed by atoms with Gasteiger partial charge in [0.25, 0.3) is 0 Å². The Morgan fingerprint density at radius 3 is 2.86 bits per heavy atom. The first-order valence-corrected chi connectivity index (χ1v) is 4.55. The van der Waals surface area contributed by atoms with E-state index in [-0.39, 0.29) is 30.1 Å². The summed E-state index contributed by atoms with van der Waals surface area (Å²) in [6.45, 7) is 1.89. The zero-order chi connectivity index (χ0) is 10.1. The van der Waals surface area contributed by atoms with Crippen LogP contribution in [0.5, 0.6) is 0 Å². The van der Waals surface area contributed by atoms with E-state index in [1.165, 1.54) is 0 Å². The highest BCUT2D eigenvalue weighted by Gasteiger charge is 2.36. The van der Waals surface area contributed by atoms with Gasteiger partial charge >= 0.3 is 0 Å². The predicted octanol–water partition coefficient (Wildman–Crippen LogP) is 1.05. The fourth-order valence-electron chi connectivity index (χ4n) is 1.73. The van der Waals surface area contributed by atoms with Gasteiger partial charge in [-0.05, 0) is 12.1 Å². The van der Waals surface area contributed by atoms with E-state index >= 15 is 0 Å². The molecule has 1 N–H and O–H groups in total. The molecule has 0 spiro atoms. The van der Waals surface area contributed by atoms with Gasteiger partial charge in [-0.2, -0.15) is 0 Å². The second-order valence-corrected chi connectivity index (χ2v) is 3.53. The Balaban J connectivity index is 2.16. The van der Waals surface area contributed by atoms with Gasteiger partial charge in [0.05, 0.1) is 12.2 Å². The summed E-state index contributed by atoms with van der Waals surface area (Å²) in [6, 6.07) is 3.60. The van der Waals surface area contributed by atoms with Gasteiger partial charge in [0.15, 0.2) is 0 Å². The van der Waals surface area contributed by atoms with Crippen LogP contribution in [-0.4, -0.2) is 11.8 Å². The molecule has 1 aromatic heterocycles. The SMILES string of the molecule is CC(c1ccco1)C1CC(=O)NC1=O. The molecule has 14 heavy (non-hydrogen) atoms. The maximum atomic E-state index is 11.3. The van der Waals surface area contributed by atoms with Crippen LogP contribution in [0.25, 0.3) is 0 Å². The van der Waals surface area contributed by atoms with Crippen molar-refractivity contribution >= 4 is 11.8 Å². The Kier molecular flexibility index (Phi) is 2.11. The summed E-state index contributed by atoms with van der Waals surface area (Å²) in [6.07, 6.45) is 1.83. The average Bonchev–Trinajstić information content (AvgIpc) is 2.73. The molecule has 1 fully saturated rings. The Morgan fingerprint density at radius 1 is 1.57 bits per heavy atom. The molecule has 74 valence electrons. The highest BCUT2D eigenvalue weighted by Crippen LogP contribution is 2.29. The van der Waals surface area contributed by atoms with Crippen molar-refractivity contribution in [2.75, 3.05) is 0 Å². The lowest BCUT2D eigenvalue weighted by molar-refractivity contribution is -0.126. The number of carbonyl (C=O) groups excluding carboxylic acids is 2. The second kappa shape index (κ2) is 3.29. The molecule has 0 radical (unpaired) electrons. The minimum atomic E-state index is -0.284. The van der Waals surface area contributed by atoms with Crippen molar-refractivity contribution in [2.24, 2.45) is 5.92 Å². The van der Waals surface area contributed by atoms with Crippen LogP contribution in [0.4, 0.5) is 0 Å². The standard InChI is InChI=1S/C10H11NO3/c1-6(8-3-2-4-14-8)7-5-9(12)11-10(7)13/h2-4,6-7H,5H2,1H3,(H,11,12,13). The van der Waals surface area contributed by atoms with E-state index in [0.29, 0.717) is 0 Å². The molecule has 1 aromatic rings. The minimum Gasteiger partial charge on any atom is -0.469 e. The highest BCUT2D eigenvalue weighted by molar-refractivity contribution is 6.03. The topological polar surface area (TPSA) is 59.3 Å². The summed E-state index contributed by atoms with van der Waals surface area (Å²) in [7, 11) is 0. The van der Waals surface area contributed by atoms with Crippen molar-refractivity contribution in [1.29, 1.82) is 0 Å². The van der Waals surface area contributed by atoms with Crippen molar-refractivity contribution in [2.45, 2.75) is 19.3 Å². The number of furan rings is 1. The number of hydrogen-bond donors (Lipinski definition) is 1. The summed E-state index contributed by atoms with van der Waals surface area (Å²) in [5.41, 5.74) is 0. The van der Waals surface area contributed by atoms with Gasteiger partial charge in [0.2, 0.25) is 11.8 Å². The second-order valence-electron chi connectivity index (χ2n) is 3.53. The van der Waals surface area contributed by atoms with Gasteiger partial charge in [-0.1, -0.05) is 6.92 Å². The number of rotatable bonds is 2. The Morgan fingerprint density at radius 2 is 2.36 bits per heavy atom. The summed E-state index contributed by atoms with van der Waals surface area (Å²) >= 11 is 0. The minimum absolute atomic E-state index is 0.0450. The van der Waals surface area contributed by atoms with Crippen LogP contribution in [0.15, 0.2) is 22.8 Å². The molecule has 1 saturated heterocycles.